The van der Waals surface area contributed by atoms with Gasteiger partial charge in [0.15, 0.2) is 0 Å². The number of rotatable bonds is 2. The van der Waals surface area contributed by atoms with E-state index in [1.807, 2.05) is 6.07 Å². The maximum absolute atomic E-state index is 5.87. The quantitative estimate of drug-likeness (QED) is 0.846. The summed E-state index contributed by atoms with van der Waals surface area (Å²) in [5, 5.41) is 4.33. The molecule has 76 valence electrons. The summed E-state index contributed by atoms with van der Waals surface area (Å²) >= 11 is 11.7. The van der Waals surface area contributed by atoms with Gasteiger partial charge < -0.3 is 10.1 Å². The lowest BCUT2D eigenvalue weighted by atomic mass is 10.3. The first-order valence-corrected chi connectivity index (χ1v) is 5.34. The summed E-state index contributed by atoms with van der Waals surface area (Å²) < 4.78 is 5.71. The van der Waals surface area contributed by atoms with E-state index < -0.39 is 0 Å². The largest absolute Gasteiger partial charge is 0.489 e. The number of halogens is 2. The van der Waals surface area contributed by atoms with Crippen LogP contribution in [-0.2, 0) is 0 Å². The molecule has 1 saturated heterocycles. The average Bonchev–Trinajstić information content (AvgIpc) is 2.64. The maximum Gasteiger partial charge on any atom is 0.121 e. The molecule has 0 amide bonds. The van der Waals surface area contributed by atoms with Crippen molar-refractivity contribution in [1.82, 2.24) is 5.32 Å². The fourth-order valence-corrected chi connectivity index (χ4v) is 1.76. The molecule has 14 heavy (non-hydrogen) atoms. The van der Waals surface area contributed by atoms with Crippen molar-refractivity contribution in [2.24, 2.45) is 0 Å². The van der Waals surface area contributed by atoms with Crippen LogP contribution in [-0.4, -0.2) is 19.2 Å². The van der Waals surface area contributed by atoms with Gasteiger partial charge in [-0.05, 0) is 25.1 Å². The van der Waals surface area contributed by atoms with Crippen molar-refractivity contribution in [3.8, 4) is 5.75 Å². The molecule has 4 heteroatoms. The molecule has 0 aromatic heterocycles. The van der Waals surface area contributed by atoms with Crippen LogP contribution in [0.15, 0.2) is 18.2 Å². The number of nitrogens with one attached hydrogen (secondary N) is 1. The first kappa shape index (κ1) is 10.1. The van der Waals surface area contributed by atoms with Crippen LogP contribution in [0.1, 0.15) is 6.42 Å². The molecule has 2 rings (SSSR count). The Hall–Kier alpha value is -0.440. The first-order chi connectivity index (χ1) is 6.75. The van der Waals surface area contributed by atoms with Crippen LogP contribution in [0.2, 0.25) is 10.0 Å². The van der Waals surface area contributed by atoms with Gasteiger partial charge >= 0.3 is 0 Å². The third-order valence-corrected chi connectivity index (χ3v) is 2.95. The van der Waals surface area contributed by atoms with Crippen molar-refractivity contribution >= 4 is 23.2 Å². The molecular formula is C10H11Cl2NO. The molecule has 2 nitrogen and oxygen atoms in total. The Kier molecular flexibility index (Phi) is 3.16. The molecule has 0 spiro atoms. The highest BCUT2D eigenvalue weighted by Crippen LogP contribution is 2.27. The third kappa shape index (κ3) is 2.32. The Morgan fingerprint density at radius 2 is 2.14 bits per heavy atom. The van der Waals surface area contributed by atoms with E-state index >= 15 is 0 Å². The molecule has 0 radical (unpaired) electrons. The molecule has 1 heterocycles. The summed E-state index contributed by atoms with van der Waals surface area (Å²) in [4.78, 5) is 0. The minimum Gasteiger partial charge on any atom is -0.489 e. The van der Waals surface area contributed by atoms with Gasteiger partial charge in [-0.1, -0.05) is 23.2 Å². The predicted molar refractivity (Wildman–Crippen MR) is 58.4 cm³/mol. The summed E-state index contributed by atoms with van der Waals surface area (Å²) in [6.45, 7) is 1.92. The topological polar surface area (TPSA) is 21.3 Å². The number of benzene rings is 1. The smallest absolute Gasteiger partial charge is 0.121 e. The second-order valence-electron chi connectivity index (χ2n) is 3.31. The van der Waals surface area contributed by atoms with Crippen LogP contribution in [0.5, 0.6) is 5.75 Å². The van der Waals surface area contributed by atoms with E-state index in [9.17, 15) is 0 Å². The zero-order chi connectivity index (χ0) is 9.97. The van der Waals surface area contributed by atoms with Crippen LogP contribution in [0.4, 0.5) is 0 Å². The fourth-order valence-electron chi connectivity index (χ4n) is 1.47. The second kappa shape index (κ2) is 4.39. The van der Waals surface area contributed by atoms with Gasteiger partial charge in [0.2, 0.25) is 0 Å². The third-order valence-electron chi connectivity index (χ3n) is 2.21. The van der Waals surface area contributed by atoms with Gasteiger partial charge in [-0.25, -0.2) is 0 Å². The van der Waals surface area contributed by atoms with E-state index in [2.05, 4.69) is 5.32 Å². The van der Waals surface area contributed by atoms with Crippen LogP contribution >= 0.6 is 23.2 Å². The summed E-state index contributed by atoms with van der Waals surface area (Å²) in [5.74, 6) is 0.785. The van der Waals surface area contributed by atoms with Crippen LogP contribution in [0.25, 0.3) is 0 Å². The highest BCUT2D eigenvalue weighted by atomic mass is 35.5. The minimum atomic E-state index is 0.257. The Labute approximate surface area is 93.2 Å². The molecule has 0 aliphatic carbocycles. The lowest BCUT2D eigenvalue weighted by Crippen LogP contribution is -2.19. The average molecular weight is 232 g/mol. The normalized spacial score (nSPS) is 21.1. The van der Waals surface area contributed by atoms with E-state index in [0.717, 1.165) is 25.3 Å². The molecule has 1 N–H and O–H groups in total. The highest BCUT2D eigenvalue weighted by molar-refractivity contribution is 6.42. The van der Waals surface area contributed by atoms with Gasteiger partial charge in [-0.15, -0.1) is 0 Å². The zero-order valence-corrected chi connectivity index (χ0v) is 9.11. The molecule has 0 bridgehead atoms. The zero-order valence-electron chi connectivity index (χ0n) is 7.59. The van der Waals surface area contributed by atoms with Crippen molar-refractivity contribution in [1.29, 1.82) is 0 Å². The van der Waals surface area contributed by atoms with Crippen molar-refractivity contribution in [3.63, 3.8) is 0 Å². The van der Waals surface area contributed by atoms with E-state index in [4.69, 9.17) is 27.9 Å². The van der Waals surface area contributed by atoms with Gasteiger partial charge in [0.1, 0.15) is 11.9 Å². The minimum absolute atomic E-state index is 0.257. The van der Waals surface area contributed by atoms with Crippen LogP contribution < -0.4 is 10.1 Å². The number of hydrogen-bond donors (Lipinski definition) is 1. The molecule has 1 fully saturated rings. The van der Waals surface area contributed by atoms with E-state index in [-0.39, 0.29) is 6.10 Å². The first-order valence-electron chi connectivity index (χ1n) is 4.58. The van der Waals surface area contributed by atoms with E-state index in [1.54, 1.807) is 12.1 Å². The Balaban J connectivity index is 2.05. The van der Waals surface area contributed by atoms with Crippen molar-refractivity contribution in [2.75, 3.05) is 13.1 Å². The molecule has 0 unspecified atom stereocenters. The Bertz CT molecular complexity index is 324. The van der Waals surface area contributed by atoms with Crippen LogP contribution in [0.3, 0.4) is 0 Å². The molecule has 1 aromatic rings. The molecule has 1 aliphatic heterocycles. The van der Waals surface area contributed by atoms with Crippen molar-refractivity contribution < 1.29 is 4.74 Å². The highest BCUT2D eigenvalue weighted by Gasteiger charge is 2.15. The monoisotopic (exact) mass is 231 g/mol. The van der Waals surface area contributed by atoms with Crippen LogP contribution in [0, 0.1) is 0 Å². The molecule has 1 aromatic carbocycles. The summed E-state index contributed by atoms with van der Waals surface area (Å²) in [6.07, 6.45) is 1.30. The maximum atomic E-state index is 5.87. The SMILES string of the molecule is Clc1ccc(O[C@@H]2CCNC2)cc1Cl. The fraction of sp³-hybridized carbons (Fsp3) is 0.400. The Morgan fingerprint density at radius 1 is 1.29 bits per heavy atom. The van der Waals surface area contributed by atoms with Gasteiger partial charge in [-0.3, -0.25) is 0 Å². The lowest BCUT2D eigenvalue weighted by molar-refractivity contribution is 0.223. The van der Waals surface area contributed by atoms with Crippen molar-refractivity contribution in [2.45, 2.75) is 12.5 Å². The van der Waals surface area contributed by atoms with E-state index in [0.29, 0.717) is 10.0 Å². The summed E-state index contributed by atoms with van der Waals surface area (Å²) in [7, 11) is 0. The van der Waals surface area contributed by atoms with Gasteiger partial charge in [0.05, 0.1) is 10.0 Å². The Morgan fingerprint density at radius 3 is 2.79 bits per heavy atom. The number of ether oxygens (including phenoxy) is 1. The van der Waals surface area contributed by atoms with Gasteiger partial charge in [0.25, 0.3) is 0 Å². The number of hydrogen-bond acceptors (Lipinski definition) is 2. The second-order valence-corrected chi connectivity index (χ2v) is 4.12. The lowest BCUT2D eigenvalue weighted by Gasteiger charge is -2.12. The molecule has 1 atom stereocenters. The van der Waals surface area contributed by atoms with Gasteiger partial charge in [-0.2, -0.15) is 0 Å². The molecule has 0 saturated carbocycles. The molecule has 1 aliphatic rings. The van der Waals surface area contributed by atoms with Crippen molar-refractivity contribution in [3.05, 3.63) is 28.2 Å². The molecular weight excluding hydrogens is 221 g/mol. The summed E-state index contributed by atoms with van der Waals surface area (Å²) in [5.41, 5.74) is 0. The standard InChI is InChI=1S/C10H11Cl2NO/c11-9-2-1-7(5-10(9)12)14-8-3-4-13-6-8/h1-2,5,8,13H,3-4,6H2/t8-/m1/s1. The summed E-state index contributed by atoms with van der Waals surface area (Å²) in [6, 6.07) is 5.34. The van der Waals surface area contributed by atoms with Gasteiger partial charge in [0, 0.05) is 12.6 Å². The predicted octanol–water partition coefficient (Wildman–Crippen LogP) is 2.73. The van der Waals surface area contributed by atoms with E-state index in [1.165, 1.54) is 0 Å².